The van der Waals surface area contributed by atoms with Crippen molar-refractivity contribution >= 4 is 11.9 Å². The number of hydrogen-bond acceptors (Lipinski definition) is 4. The van der Waals surface area contributed by atoms with Crippen molar-refractivity contribution < 1.29 is 27.6 Å². The van der Waals surface area contributed by atoms with Gasteiger partial charge in [-0.15, -0.1) is 0 Å². The van der Waals surface area contributed by atoms with Crippen molar-refractivity contribution in [1.29, 1.82) is 0 Å². The molecule has 0 aromatic carbocycles. The molecule has 0 unspecified atom stereocenters. The number of nitrogens with zero attached hydrogens (tertiary/aromatic N) is 1. The SMILES string of the molecule is CC/C=C/CCC[C@@H]1C[C@@H]2CC[C@@H]3C[C@@H](CCCCCCC)NC(=[N+]32)N1.O=C([O-])C(F)(F)F. The van der Waals surface area contributed by atoms with Crippen LogP contribution in [0.2, 0.25) is 0 Å². The van der Waals surface area contributed by atoms with Crippen LogP contribution in [0.25, 0.3) is 0 Å². The van der Waals surface area contributed by atoms with Gasteiger partial charge in [-0.25, -0.2) is 0 Å². The van der Waals surface area contributed by atoms with Gasteiger partial charge < -0.3 is 9.90 Å². The molecule has 8 heteroatoms. The van der Waals surface area contributed by atoms with Gasteiger partial charge in [-0.2, -0.15) is 13.2 Å². The van der Waals surface area contributed by atoms with Gasteiger partial charge in [-0.1, -0.05) is 58.1 Å². The number of carbonyl (C=O) groups excluding carboxylic acids is 1. The number of alkyl halides is 3. The number of allylic oxidation sites excluding steroid dienone is 2. The molecule has 0 radical (unpaired) electrons. The summed E-state index contributed by atoms with van der Waals surface area (Å²) in [4.78, 5) is 8.78. The van der Waals surface area contributed by atoms with Gasteiger partial charge in [0.25, 0.3) is 0 Å². The van der Waals surface area contributed by atoms with Crippen LogP contribution >= 0.6 is 0 Å². The summed E-state index contributed by atoms with van der Waals surface area (Å²) in [6.07, 6.45) is 18.4. The molecule has 0 aliphatic carbocycles. The Morgan fingerprint density at radius 1 is 0.970 bits per heavy atom. The average Bonchev–Trinajstić information content (AvgIpc) is 3.17. The average molecular weight is 474 g/mol. The molecule has 3 aliphatic heterocycles. The molecule has 0 spiro atoms. The van der Waals surface area contributed by atoms with Crippen LogP contribution in [0.4, 0.5) is 13.2 Å². The first-order valence-corrected chi connectivity index (χ1v) is 12.9. The first-order valence-electron chi connectivity index (χ1n) is 12.9. The zero-order valence-electron chi connectivity index (χ0n) is 20.3. The Morgan fingerprint density at radius 3 is 2.03 bits per heavy atom. The third-order valence-corrected chi connectivity index (χ3v) is 6.89. The van der Waals surface area contributed by atoms with E-state index in [0.717, 1.165) is 12.1 Å². The van der Waals surface area contributed by atoms with Crippen LogP contribution in [0.1, 0.15) is 104 Å². The number of guanidine groups is 1. The molecule has 0 saturated carbocycles. The highest BCUT2D eigenvalue weighted by Gasteiger charge is 2.45. The summed E-state index contributed by atoms with van der Waals surface area (Å²) in [6.45, 7) is 4.52. The number of hydrogen-bond donors (Lipinski definition) is 2. The molecule has 3 aliphatic rings. The third-order valence-electron chi connectivity index (χ3n) is 6.89. The summed E-state index contributed by atoms with van der Waals surface area (Å²) >= 11 is 0. The van der Waals surface area contributed by atoms with Gasteiger partial charge in [0, 0.05) is 12.8 Å². The van der Waals surface area contributed by atoms with Gasteiger partial charge in [0.15, 0.2) is 0 Å². The Hall–Kier alpha value is -1.73. The monoisotopic (exact) mass is 473 g/mol. The summed E-state index contributed by atoms with van der Waals surface area (Å²) in [5.74, 6) is -1.62. The minimum Gasteiger partial charge on any atom is -0.542 e. The van der Waals surface area contributed by atoms with E-state index in [9.17, 15) is 13.2 Å². The Kier molecular flexibility index (Phi) is 11.5. The van der Waals surface area contributed by atoms with Crippen LogP contribution in [-0.4, -0.2) is 46.8 Å². The van der Waals surface area contributed by atoms with Crippen molar-refractivity contribution in [3.05, 3.63) is 12.2 Å². The Bertz CT molecular complexity index is 664. The second-order valence-corrected chi connectivity index (χ2v) is 9.59. The second kappa shape index (κ2) is 13.9. The molecule has 5 nitrogen and oxygen atoms in total. The molecule has 4 atom stereocenters. The summed E-state index contributed by atoms with van der Waals surface area (Å²) in [6, 6.07) is 2.98. The summed E-state index contributed by atoms with van der Waals surface area (Å²) < 4.78 is 34.3. The Labute approximate surface area is 196 Å². The fraction of sp³-hybridized carbons (Fsp3) is 0.840. The van der Waals surface area contributed by atoms with E-state index in [2.05, 4.69) is 41.2 Å². The molecule has 1 saturated heterocycles. The molecule has 0 amide bonds. The fourth-order valence-corrected chi connectivity index (χ4v) is 5.28. The van der Waals surface area contributed by atoms with E-state index in [1.54, 1.807) is 0 Å². The molecular formula is C25H42F3N3O2. The van der Waals surface area contributed by atoms with E-state index in [0.29, 0.717) is 12.1 Å². The van der Waals surface area contributed by atoms with Crippen LogP contribution in [0.3, 0.4) is 0 Å². The lowest BCUT2D eigenvalue weighted by atomic mass is 9.97. The largest absolute Gasteiger partial charge is 0.542 e. The molecule has 1 fully saturated rings. The van der Waals surface area contributed by atoms with E-state index < -0.39 is 12.1 Å². The number of carboxylic acid groups (broad SMARTS) is 1. The van der Waals surface area contributed by atoms with Crippen molar-refractivity contribution in [2.24, 2.45) is 0 Å². The number of carbonyl (C=O) groups is 1. The topological polar surface area (TPSA) is 67.2 Å². The molecule has 0 aromatic rings. The lowest BCUT2D eigenvalue weighted by Crippen LogP contribution is -2.62. The van der Waals surface area contributed by atoms with Crippen molar-refractivity contribution in [2.75, 3.05) is 0 Å². The van der Waals surface area contributed by atoms with Gasteiger partial charge in [0.05, 0.1) is 24.2 Å². The van der Waals surface area contributed by atoms with Crippen molar-refractivity contribution in [1.82, 2.24) is 10.6 Å². The zero-order chi connectivity index (χ0) is 24.3. The summed E-state index contributed by atoms with van der Waals surface area (Å²) in [5, 5.41) is 16.6. The number of nitrogens with one attached hydrogen (secondary N) is 2. The maximum Gasteiger partial charge on any atom is 0.430 e. The lowest BCUT2D eigenvalue weighted by molar-refractivity contribution is -0.593. The number of aliphatic carboxylic acids is 1. The Morgan fingerprint density at radius 2 is 1.52 bits per heavy atom. The zero-order valence-corrected chi connectivity index (χ0v) is 20.3. The van der Waals surface area contributed by atoms with Gasteiger partial charge in [0.1, 0.15) is 5.97 Å². The van der Waals surface area contributed by atoms with E-state index >= 15 is 0 Å². The fourth-order valence-electron chi connectivity index (χ4n) is 5.28. The van der Waals surface area contributed by atoms with E-state index in [4.69, 9.17) is 9.90 Å². The molecule has 3 rings (SSSR count). The van der Waals surface area contributed by atoms with Crippen molar-refractivity contribution in [3.63, 3.8) is 0 Å². The van der Waals surface area contributed by atoms with E-state index in [1.165, 1.54) is 95.9 Å². The highest BCUT2D eigenvalue weighted by molar-refractivity contribution is 5.76. The number of rotatable bonds is 11. The van der Waals surface area contributed by atoms with Crippen LogP contribution in [0.5, 0.6) is 0 Å². The lowest BCUT2D eigenvalue weighted by Gasteiger charge is -2.36. The molecular weight excluding hydrogens is 431 g/mol. The molecule has 190 valence electrons. The van der Waals surface area contributed by atoms with E-state index in [-0.39, 0.29) is 0 Å². The van der Waals surface area contributed by atoms with Crippen LogP contribution < -0.4 is 15.7 Å². The standard InChI is InChI=1S/C23H41N3.C2HF3O2/c1-3-5-7-9-11-13-19-17-21-15-16-22-18-20(14-12-10-8-6-4-2)25-23(24-19)26(21)22;3-2(4,5)1(6)7/h5,7,19-22H,3-4,6,8-18H2,1-2H3,(H,24,25);(H,6,7)/b7-5+;/t19-,20-,21+,22-;/m1./s1. The smallest absolute Gasteiger partial charge is 0.430 e. The van der Waals surface area contributed by atoms with E-state index in [1.807, 2.05) is 0 Å². The van der Waals surface area contributed by atoms with Crippen molar-refractivity contribution in [2.45, 2.75) is 134 Å². The van der Waals surface area contributed by atoms with Gasteiger partial charge in [-0.3, -0.25) is 15.2 Å². The van der Waals surface area contributed by atoms with Gasteiger partial charge in [0.2, 0.25) is 0 Å². The third kappa shape index (κ3) is 9.20. The molecule has 0 aromatic heterocycles. The highest BCUT2D eigenvalue weighted by Crippen LogP contribution is 2.32. The number of unbranched alkanes of at least 4 members (excludes halogenated alkanes) is 5. The molecule has 3 heterocycles. The quantitative estimate of drug-likeness (QED) is 0.265. The first-order chi connectivity index (χ1) is 15.8. The van der Waals surface area contributed by atoms with Gasteiger partial charge >= 0.3 is 12.1 Å². The second-order valence-electron chi connectivity index (χ2n) is 9.59. The van der Waals surface area contributed by atoms with Crippen LogP contribution in [0, 0.1) is 0 Å². The molecule has 33 heavy (non-hydrogen) atoms. The minimum atomic E-state index is -5.19. The predicted octanol–water partition coefficient (Wildman–Crippen LogP) is 4.41. The van der Waals surface area contributed by atoms with Crippen LogP contribution in [-0.2, 0) is 4.79 Å². The summed E-state index contributed by atoms with van der Waals surface area (Å²) in [7, 11) is 0. The van der Waals surface area contributed by atoms with Crippen LogP contribution in [0.15, 0.2) is 12.2 Å². The number of carboxylic acids is 1. The molecule has 2 N–H and O–H groups in total. The predicted molar refractivity (Wildman–Crippen MR) is 123 cm³/mol. The normalized spacial score (nSPS) is 26.3. The highest BCUT2D eigenvalue weighted by atomic mass is 19.4. The summed E-state index contributed by atoms with van der Waals surface area (Å²) in [5.41, 5.74) is 0. The van der Waals surface area contributed by atoms with Crippen molar-refractivity contribution in [3.8, 4) is 0 Å². The first kappa shape index (κ1) is 27.5. The minimum absolute atomic E-state index is 0.677. The maximum absolute atomic E-state index is 10.5. The molecule has 0 bridgehead atoms. The maximum atomic E-state index is 10.5. The number of halogens is 3. The van der Waals surface area contributed by atoms with Gasteiger partial charge in [-0.05, 0) is 44.9 Å². The Balaban J connectivity index is 0.000000479.